The predicted octanol–water partition coefficient (Wildman–Crippen LogP) is 5.51. The van der Waals surface area contributed by atoms with Gasteiger partial charge in [-0.05, 0) is 30.5 Å². The number of halogens is 4. The maximum Gasteiger partial charge on any atom is 0.418 e. The Morgan fingerprint density at radius 3 is 2.40 bits per heavy atom. The predicted molar refractivity (Wildman–Crippen MR) is 73.2 cm³/mol. The first-order valence-electron chi connectivity index (χ1n) is 5.44. The van der Waals surface area contributed by atoms with E-state index in [9.17, 15) is 13.2 Å². The van der Waals surface area contributed by atoms with Crippen molar-refractivity contribution in [3.05, 3.63) is 48.4 Å². The lowest BCUT2D eigenvalue weighted by Gasteiger charge is -2.15. The molecule has 0 aliphatic heterocycles. The molecule has 1 aromatic heterocycles. The summed E-state index contributed by atoms with van der Waals surface area (Å²) >= 11 is 5.77. The first-order valence-corrected chi connectivity index (χ1v) is 5.81. The zero-order valence-corrected chi connectivity index (χ0v) is 10.9. The SMILES string of the molecule is C=Nc1c(C(=C)Cl)cc(-c2ccoc2)cc1C(F)(F)F. The second-order valence-electron chi connectivity index (χ2n) is 3.99. The number of rotatable bonds is 3. The molecule has 0 saturated carbocycles. The van der Waals surface area contributed by atoms with Crippen LogP contribution in [0.3, 0.4) is 0 Å². The molecule has 1 heterocycles. The van der Waals surface area contributed by atoms with E-state index in [0.29, 0.717) is 11.1 Å². The number of hydrogen-bond acceptors (Lipinski definition) is 2. The Hall–Kier alpha value is -2.01. The molecule has 6 heteroatoms. The zero-order chi connectivity index (χ0) is 14.9. The first-order chi connectivity index (χ1) is 9.34. The second kappa shape index (κ2) is 5.17. The van der Waals surface area contributed by atoms with Crippen LogP contribution in [0.15, 0.2) is 46.7 Å². The van der Waals surface area contributed by atoms with Gasteiger partial charge < -0.3 is 4.42 Å². The van der Waals surface area contributed by atoms with Crippen LogP contribution in [0.1, 0.15) is 11.1 Å². The fourth-order valence-electron chi connectivity index (χ4n) is 1.82. The molecule has 0 saturated heterocycles. The first kappa shape index (κ1) is 14.4. The number of hydrogen-bond donors (Lipinski definition) is 0. The van der Waals surface area contributed by atoms with Gasteiger partial charge in [0.1, 0.15) is 0 Å². The molecule has 0 spiro atoms. The minimum Gasteiger partial charge on any atom is -0.472 e. The summed E-state index contributed by atoms with van der Waals surface area (Å²) in [6.07, 6.45) is -1.86. The fraction of sp³-hybridized carbons (Fsp3) is 0.0714. The molecule has 0 fully saturated rings. The summed E-state index contributed by atoms with van der Waals surface area (Å²) in [6, 6.07) is 4.01. The molecule has 0 unspecified atom stereocenters. The van der Waals surface area contributed by atoms with Crippen LogP contribution in [0.5, 0.6) is 0 Å². The third-order valence-corrected chi connectivity index (χ3v) is 2.92. The molecule has 2 nitrogen and oxygen atoms in total. The van der Waals surface area contributed by atoms with Crippen molar-refractivity contribution in [1.29, 1.82) is 0 Å². The molecule has 0 aliphatic rings. The Kier molecular flexibility index (Phi) is 3.72. The number of alkyl halides is 3. The highest BCUT2D eigenvalue weighted by atomic mass is 35.5. The van der Waals surface area contributed by atoms with Crippen LogP contribution in [0.2, 0.25) is 0 Å². The van der Waals surface area contributed by atoms with Crippen LogP contribution in [-0.4, -0.2) is 6.72 Å². The number of aliphatic imine (C=N–C) groups is 1. The van der Waals surface area contributed by atoms with E-state index in [1.54, 1.807) is 6.07 Å². The summed E-state index contributed by atoms with van der Waals surface area (Å²) in [4.78, 5) is 3.44. The summed E-state index contributed by atoms with van der Waals surface area (Å²) in [5.41, 5.74) is -0.332. The van der Waals surface area contributed by atoms with Gasteiger partial charge in [-0.1, -0.05) is 18.2 Å². The molecule has 1 aromatic carbocycles. The molecule has 0 aliphatic carbocycles. The Morgan fingerprint density at radius 2 is 1.95 bits per heavy atom. The minimum atomic E-state index is -4.57. The molecular weight excluding hydrogens is 291 g/mol. The van der Waals surface area contributed by atoms with Crippen LogP contribution in [0, 0.1) is 0 Å². The number of benzene rings is 1. The van der Waals surface area contributed by atoms with Crippen LogP contribution in [-0.2, 0) is 6.18 Å². The van der Waals surface area contributed by atoms with E-state index in [2.05, 4.69) is 18.3 Å². The topological polar surface area (TPSA) is 25.5 Å². The highest BCUT2D eigenvalue weighted by molar-refractivity contribution is 6.48. The fourth-order valence-corrected chi connectivity index (χ4v) is 1.97. The quantitative estimate of drug-likeness (QED) is 0.686. The molecule has 20 heavy (non-hydrogen) atoms. The lowest BCUT2D eigenvalue weighted by atomic mass is 9.98. The van der Waals surface area contributed by atoms with Crippen molar-refractivity contribution in [2.24, 2.45) is 4.99 Å². The van der Waals surface area contributed by atoms with Gasteiger partial charge in [-0.3, -0.25) is 4.99 Å². The van der Waals surface area contributed by atoms with E-state index in [1.165, 1.54) is 18.6 Å². The summed E-state index contributed by atoms with van der Waals surface area (Å²) in [7, 11) is 0. The van der Waals surface area contributed by atoms with Gasteiger partial charge in [-0.2, -0.15) is 13.2 Å². The van der Waals surface area contributed by atoms with Gasteiger partial charge in [-0.15, -0.1) is 0 Å². The summed E-state index contributed by atoms with van der Waals surface area (Å²) < 4.78 is 44.2. The van der Waals surface area contributed by atoms with E-state index in [-0.39, 0.29) is 16.3 Å². The number of nitrogens with zero attached hydrogens (tertiary/aromatic N) is 1. The summed E-state index contributed by atoms with van der Waals surface area (Å²) in [5.74, 6) is 0. The second-order valence-corrected chi connectivity index (χ2v) is 4.45. The average Bonchev–Trinajstić information content (AvgIpc) is 2.89. The van der Waals surface area contributed by atoms with E-state index < -0.39 is 11.7 Å². The maximum absolute atomic E-state index is 13.1. The van der Waals surface area contributed by atoms with Crippen molar-refractivity contribution < 1.29 is 17.6 Å². The van der Waals surface area contributed by atoms with E-state index in [4.69, 9.17) is 16.0 Å². The van der Waals surface area contributed by atoms with Gasteiger partial charge in [0.2, 0.25) is 0 Å². The smallest absolute Gasteiger partial charge is 0.418 e. The van der Waals surface area contributed by atoms with Crippen molar-refractivity contribution in [2.75, 3.05) is 0 Å². The highest BCUT2D eigenvalue weighted by Crippen LogP contribution is 2.43. The lowest BCUT2D eigenvalue weighted by Crippen LogP contribution is -2.06. The minimum absolute atomic E-state index is 0.0387. The van der Waals surface area contributed by atoms with Crippen LogP contribution >= 0.6 is 11.6 Å². The molecule has 0 amide bonds. The van der Waals surface area contributed by atoms with Crippen molar-refractivity contribution in [3.63, 3.8) is 0 Å². The lowest BCUT2D eigenvalue weighted by molar-refractivity contribution is -0.137. The van der Waals surface area contributed by atoms with Crippen LogP contribution < -0.4 is 0 Å². The van der Waals surface area contributed by atoms with Gasteiger partial charge >= 0.3 is 6.18 Å². The summed E-state index contributed by atoms with van der Waals surface area (Å²) in [5, 5.41) is -0.0387. The van der Waals surface area contributed by atoms with Gasteiger partial charge in [0.05, 0.1) is 23.8 Å². The number of furan rings is 1. The van der Waals surface area contributed by atoms with Crippen LogP contribution in [0.25, 0.3) is 16.2 Å². The van der Waals surface area contributed by atoms with Gasteiger partial charge in [-0.25, -0.2) is 0 Å². The standard InChI is InChI=1S/C14H9ClF3NO/c1-8(15)11-5-10(9-3-4-20-7-9)6-12(13(11)19-2)14(16,17)18/h3-7H,1-2H2. The van der Waals surface area contributed by atoms with Gasteiger partial charge in [0.15, 0.2) is 0 Å². The normalized spacial score (nSPS) is 11.4. The van der Waals surface area contributed by atoms with Crippen molar-refractivity contribution in [3.8, 4) is 11.1 Å². The van der Waals surface area contributed by atoms with Crippen molar-refractivity contribution >= 4 is 29.0 Å². The molecule has 2 rings (SSSR count). The molecule has 2 aromatic rings. The van der Waals surface area contributed by atoms with Gasteiger partial charge in [0.25, 0.3) is 0 Å². The average molecular weight is 300 g/mol. The third-order valence-electron chi connectivity index (χ3n) is 2.72. The van der Waals surface area contributed by atoms with Crippen LogP contribution in [0.4, 0.5) is 18.9 Å². The molecular formula is C14H9ClF3NO. The highest BCUT2D eigenvalue weighted by Gasteiger charge is 2.35. The third kappa shape index (κ3) is 2.63. The van der Waals surface area contributed by atoms with Crippen molar-refractivity contribution in [2.45, 2.75) is 6.18 Å². The monoisotopic (exact) mass is 299 g/mol. The molecule has 0 atom stereocenters. The van der Waals surface area contributed by atoms with E-state index in [1.807, 2.05) is 0 Å². The Labute approximate surface area is 118 Å². The zero-order valence-electron chi connectivity index (χ0n) is 10.2. The Morgan fingerprint density at radius 1 is 1.25 bits per heavy atom. The Bertz CT molecular complexity index is 660. The molecule has 0 bridgehead atoms. The molecule has 104 valence electrons. The Balaban J connectivity index is 2.78. The van der Waals surface area contributed by atoms with Crippen molar-refractivity contribution in [1.82, 2.24) is 0 Å². The molecule has 0 radical (unpaired) electrons. The molecule has 0 N–H and O–H groups in total. The van der Waals surface area contributed by atoms with E-state index in [0.717, 1.165) is 6.07 Å². The largest absolute Gasteiger partial charge is 0.472 e. The van der Waals surface area contributed by atoms with Gasteiger partial charge in [0, 0.05) is 16.2 Å². The summed E-state index contributed by atoms with van der Waals surface area (Å²) in [6.45, 7) is 6.64. The van der Waals surface area contributed by atoms with E-state index >= 15 is 0 Å². The maximum atomic E-state index is 13.1.